The van der Waals surface area contributed by atoms with E-state index in [-0.39, 0.29) is 0 Å². The highest BCUT2D eigenvalue weighted by atomic mass is 32.1. The van der Waals surface area contributed by atoms with Crippen molar-refractivity contribution in [2.24, 2.45) is 0 Å². The van der Waals surface area contributed by atoms with Gasteiger partial charge in [0.15, 0.2) is 0 Å². The van der Waals surface area contributed by atoms with E-state index in [0.29, 0.717) is 5.95 Å². The molecule has 0 aliphatic heterocycles. The average molecular weight is 830 g/mol. The van der Waals surface area contributed by atoms with Crippen molar-refractivity contribution in [1.29, 1.82) is 0 Å². The summed E-state index contributed by atoms with van der Waals surface area (Å²) in [7, 11) is 0. The highest BCUT2D eigenvalue weighted by Gasteiger charge is 2.25. The smallest absolute Gasteiger partial charge is 0.235 e. The molecule has 0 bridgehead atoms. The van der Waals surface area contributed by atoms with E-state index < -0.39 is 0 Å². The molecule has 3 nitrogen and oxygen atoms in total. The van der Waals surface area contributed by atoms with Gasteiger partial charge in [-0.2, -0.15) is 0 Å². The van der Waals surface area contributed by atoms with Crippen LogP contribution in [0.2, 0.25) is 0 Å². The van der Waals surface area contributed by atoms with Gasteiger partial charge in [0.2, 0.25) is 5.95 Å². The standard InChI is InChI=1S/C60H35N3S/c1-2-14-36(15-3-1)37-26-28-39(29-27-37)58-47-23-10-12-24-51(47)61-60(62-58)63-52-32-30-38-16-4-5-17-41(38)56(52)57-55-45-21-8-6-18-42(45)48(35-50(55)43-19-7-9-22-46(43)59(57)63)40-31-33-54-49(34-40)44-20-11-13-25-53(44)64-54/h1-35H. The Hall–Kier alpha value is -8.18. The Morgan fingerprint density at radius 2 is 0.969 bits per heavy atom. The predicted molar refractivity (Wildman–Crippen MR) is 273 cm³/mol. The molecule has 0 N–H and O–H groups in total. The molecule has 11 aromatic carbocycles. The van der Waals surface area contributed by atoms with Crippen LogP contribution in [-0.4, -0.2) is 14.5 Å². The van der Waals surface area contributed by atoms with E-state index in [9.17, 15) is 0 Å². The van der Waals surface area contributed by atoms with Gasteiger partial charge in [-0.3, -0.25) is 4.57 Å². The third kappa shape index (κ3) is 5.15. The summed E-state index contributed by atoms with van der Waals surface area (Å²) in [5, 5.41) is 15.8. The second kappa shape index (κ2) is 13.7. The second-order valence-corrected chi connectivity index (χ2v) is 17.9. The first kappa shape index (κ1) is 35.4. The topological polar surface area (TPSA) is 30.7 Å². The van der Waals surface area contributed by atoms with E-state index >= 15 is 0 Å². The minimum absolute atomic E-state index is 0.651. The SMILES string of the molecule is c1ccc(-c2ccc(-c3nc(-n4c5ccc6ccccc6c5c5c6c7ccccc7c(-c7ccc8sc9ccccc9c8c7)cc6c6ccccc6c54)nc4ccccc34)cc2)cc1. The van der Waals surface area contributed by atoms with E-state index in [1.165, 1.54) is 90.9 Å². The summed E-state index contributed by atoms with van der Waals surface area (Å²) in [6, 6.07) is 77.3. The molecule has 3 aromatic heterocycles. The van der Waals surface area contributed by atoms with Gasteiger partial charge in [-0.25, -0.2) is 9.97 Å². The van der Waals surface area contributed by atoms with Gasteiger partial charge in [-0.15, -0.1) is 11.3 Å². The normalized spacial score (nSPS) is 12.1. The Labute approximate surface area is 371 Å². The molecule has 0 radical (unpaired) electrons. The van der Waals surface area contributed by atoms with Crippen LogP contribution in [0.3, 0.4) is 0 Å². The minimum atomic E-state index is 0.651. The Morgan fingerprint density at radius 1 is 0.344 bits per heavy atom. The highest BCUT2D eigenvalue weighted by Crippen LogP contribution is 2.49. The van der Waals surface area contributed by atoms with Crippen molar-refractivity contribution in [3.63, 3.8) is 0 Å². The number of para-hydroxylation sites is 1. The highest BCUT2D eigenvalue weighted by molar-refractivity contribution is 7.25. The fourth-order valence-electron chi connectivity index (χ4n) is 10.5. The summed E-state index contributed by atoms with van der Waals surface area (Å²) < 4.78 is 4.98. The third-order valence-electron chi connectivity index (χ3n) is 13.4. The number of benzene rings is 11. The number of aromatic nitrogens is 3. The van der Waals surface area contributed by atoms with Crippen molar-refractivity contribution in [2.75, 3.05) is 0 Å². The summed E-state index contributed by atoms with van der Waals surface area (Å²) in [5.74, 6) is 0.651. The van der Waals surface area contributed by atoms with Crippen molar-refractivity contribution >= 4 is 107 Å². The first-order chi connectivity index (χ1) is 31.7. The number of hydrogen-bond acceptors (Lipinski definition) is 3. The van der Waals surface area contributed by atoms with Crippen molar-refractivity contribution in [3.05, 3.63) is 212 Å². The largest absolute Gasteiger partial charge is 0.277 e. The van der Waals surface area contributed by atoms with Crippen LogP contribution in [0.4, 0.5) is 0 Å². The van der Waals surface area contributed by atoms with Crippen LogP contribution in [-0.2, 0) is 0 Å². The lowest BCUT2D eigenvalue weighted by molar-refractivity contribution is 1.02. The molecule has 0 unspecified atom stereocenters. The van der Waals surface area contributed by atoms with Crippen LogP contribution in [0.15, 0.2) is 212 Å². The lowest BCUT2D eigenvalue weighted by atomic mass is 9.88. The molecule has 14 rings (SSSR count). The van der Waals surface area contributed by atoms with Crippen molar-refractivity contribution in [2.45, 2.75) is 0 Å². The van der Waals surface area contributed by atoms with E-state index in [2.05, 4.69) is 217 Å². The monoisotopic (exact) mass is 829 g/mol. The number of fused-ring (bicyclic) bond motifs is 16. The molecule has 14 aromatic rings. The zero-order valence-corrected chi connectivity index (χ0v) is 35.3. The minimum Gasteiger partial charge on any atom is -0.277 e. The van der Waals surface area contributed by atoms with E-state index in [1.807, 2.05) is 11.3 Å². The number of hydrogen-bond donors (Lipinski definition) is 0. The Balaban J connectivity index is 1.12. The molecule has 0 fully saturated rings. The number of rotatable bonds is 4. The molecule has 0 amide bonds. The van der Waals surface area contributed by atoms with Crippen LogP contribution >= 0.6 is 11.3 Å². The first-order valence-electron chi connectivity index (χ1n) is 21.8. The molecule has 0 aliphatic rings. The molecule has 3 heterocycles. The average Bonchev–Trinajstić information content (AvgIpc) is 3.92. The summed E-state index contributed by atoms with van der Waals surface area (Å²) >= 11 is 1.86. The molecular formula is C60H35N3S. The Morgan fingerprint density at radius 3 is 1.81 bits per heavy atom. The maximum absolute atomic E-state index is 5.59. The lowest BCUT2D eigenvalue weighted by Crippen LogP contribution is -2.04. The fourth-order valence-corrected chi connectivity index (χ4v) is 11.6. The van der Waals surface area contributed by atoms with E-state index in [1.54, 1.807) is 0 Å². The van der Waals surface area contributed by atoms with Gasteiger partial charge in [0.1, 0.15) is 0 Å². The van der Waals surface area contributed by atoms with Gasteiger partial charge < -0.3 is 0 Å². The van der Waals surface area contributed by atoms with E-state index in [0.717, 1.165) is 38.6 Å². The molecule has 0 saturated carbocycles. The van der Waals surface area contributed by atoms with E-state index in [4.69, 9.17) is 9.97 Å². The Bertz CT molecular complexity index is 4240. The first-order valence-corrected chi connectivity index (χ1v) is 22.6. The van der Waals surface area contributed by atoms with Crippen LogP contribution in [0.5, 0.6) is 0 Å². The zero-order chi connectivity index (χ0) is 41.9. The molecule has 0 spiro atoms. The Kier molecular flexibility index (Phi) is 7.56. The molecule has 296 valence electrons. The third-order valence-corrected chi connectivity index (χ3v) is 14.5. The fraction of sp³-hybridized carbons (Fsp3) is 0. The van der Waals surface area contributed by atoms with Crippen LogP contribution < -0.4 is 0 Å². The van der Waals surface area contributed by atoms with Gasteiger partial charge in [0.05, 0.1) is 22.2 Å². The summed E-state index contributed by atoms with van der Waals surface area (Å²) in [5.41, 5.74) is 9.87. The van der Waals surface area contributed by atoms with Crippen LogP contribution in [0.25, 0.3) is 135 Å². The van der Waals surface area contributed by atoms with Gasteiger partial charge in [0, 0.05) is 52.7 Å². The molecule has 4 heteroatoms. The van der Waals surface area contributed by atoms with Gasteiger partial charge in [-0.05, 0) is 91.0 Å². The van der Waals surface area contributed by atoms with Crippen LogP contribution in [0.1, 0.15) is 0 Å². The molecule has 64 heavy (non-hydrogen) atoms. The molecule has 0 atom stereocenters. The van der Waals surface area contributed by atoms with Crippen molar-refractivity contribution in [1.82, 2.24) is 14.5 Å². The quantitative estimate of drug-likeness (QED) is 0.165. The zero-order valence-electron chi connectivity index (χ0n) is 34.5. The lowest BCUT2D eigenvalue weighted by Gasteiger charge is -2.16. The predicted octanol–water partition coefficient (Wildman–Crippen LogP) is 16.7. The van der Waals surface area contributed by atoms with Gasteiger partial charge in [0.25, 0.3) is 0 Å². The van der Waals surface area contributed by atoms with Crippen LogP contribution in [0, 0.1) is 0 Å². The molecular weight excluding hydrogens is 795 g/mol. The van der Waals surface area contributed by atoms with Crippen molar-refractivity contribution in [3.8, 4) is 39.5 Å². The maximum atomic E-state index is 5.59. The summed E-state index contributed by atoms with van der Waals surface area (Å²) in [6.07, 6.45) is 0. The maximum Gasteiger partial charge on any atom is 0.235 e. The summed E-state index contributed by atoms with van der Waals surface area (Å²) in [4.78, 5) is 11.0. The van der Waals surface area contributed by atoms with Gasteiger partial charge in [-0.1, -0.05) is 176 Å². The molecule has 0 saturated heterocycles. The number of nitrogens with zero attached hydrogens (tertiary/aromatic N) is 3. The second-order valence-electron chi connectivity index (χ2n) is 16.8. The van der Waals surface area contributed by atoms with Gasteiger partial charge >= 0.3 is 0 Å². The molecule has 0 aliphatic carbocycles. The number of thiophene rings is 1. The van der Waals surface area contributed by atoms with Crippen molar-refractivity contribution < 1.29 is 0 Å². The summed E-state index contributed by atoms with van der Waals surface area (Å²) in [6.45, 7) is 0.